The third-order valence-corrected chi connectivity index (χ3v) is 25.7. The number of hydrogen-bond acceptors (Lipinski definition) is 6. The largest absolute Gasteiger partial charge is 0.387 e. The van der Waals surface area contributed by atoms with E-state index in [-0.39, 0.29) is 11.4 Å². The fourth-order valence-corrected chi connectivity index (χ4v) is 17.2. The molecular weight excluding hydrogens is 1300 g/mol. The molecule has 0 spiro atoms. The number of hydrogen-bond donors (Lipinski definition) is 4. The molecule has 0 bridgehead atoms. The van der Waals surface area contributed by atoms with Crippen molar-refractivity contribution < 1.29 is 5.11 Å². The van der Waals surface area contributed by atoms with Crippen LogP contribution in [0.3, 0.4) is 0 Å². The van der Waals surface area contributed by atoms with Crippen molar-refractivity contribution in [2.24, 2.45) is 141 Å². The smallest absolute Gasteiger partial charge is 0.185 e. The maximum Gasteiger partial charge on any atom is 0.185 e. The molecule has 5 atom stereocenters. The number of nitrogens with one attached hydrogen (secondary N) is 1. The van der Waals surface area contributed by atoms with Gasteiger partial charge in [0.2, 0.25) is 0 Å². The van der Waals surface area contributed by atoms with E-state index in [4.69, 9.17) is 11.5 Å². The van der Waals surface area contributed by atoms with Crippen molar-refractivity contribution in [1.29, 1.82) is 0 Å². The number of fused-ring (bicyclic) bond motifs is 1. The number of aliphatic hydroxyl groups is 1. The Labute approximate surface area is 677 Å². The minimum absolute atomic E-state index is 0.184. The Morgan fingerprint density at radius 1 is 0.467 bits per heavy atom. The summed E-state index contributed by atoms with van der Waals surface area (Å²) in [6.07, 6.45) is 37.2. The summed E-state index contributed by atoms with van der Waals surface area (Å²) in [5, 5.41) is 12.8. The quantitative estimate of drug-likeness (QED) is 0.128. The molecule has 0 amide bonds. The van der Waals surface area contributed by atoms with Crippen LogP contribution in [-0.4, -0.2) is 112 Å². The molecule has 6 saturated carbocycles. The highest BCUT2D eigenvalue weighted by molar-refractivity contribution is 5.75. The lowest BCUT2D eigenvalue weighted by Crippen LogP contribution is -2.60. The van der Waals surface area contributed by atoms with E-state index in [1.807, 2.05) is 0 Å². The van der Waals surface area contributed by atoms with Gasteiger partial charge in [0.25, 0.3) is 0 Å². The van der Waals surface area contributed by atoms with Crippen LogP contribution in [0.2, 0.25) is 0 Å². The molecule has 0 aromatic carbocycles. The van der Waals surface area contributed by atoms with Crippen LogP contribution in [0.15, 0.2) is 4.99 Å². The Bertz CT molecular complexity index is 2170. The Balaban J connectivity index is 0. The molecule has 0 aromatic heterocycles. The van der Waals surface area contributed by atoms with Gasteiger partial charge in [-0.15, -0.1) is 0 Å². The Hall–Kier alpha value is -0.930. The molecule has 6 N–H and O–H groups in total. The average molecular weight is 1510 g/mol. The minimum Gasteiger partial charge on any atom is -0.387 e. The molecule has 9 rings (SSSR count). The topological polar surface area (TPSA) is 106 Å². The second kappa shape index (κ2) is 47.3. The lowest BCUT2D eigenvalue weighted by Gasteiger charge is -2.44. The van der Waals surface area contributed by atoms with E-state index in [0.717, 1.165) is 91.7 Å². The van der Waals surface area contributed by atoms with E-state index in [2.05, 4.69) is 309 Å². The number of likely N-dealkylation sites (tertiary alicyclic amines) is 2. The highest BCUT2D eigenvalue weighted by Gasteiger charge is 2.57. The van der Waals surface area contributed by atoms with Gasteiger partial charge in [0.15, 0.2) is 5.96 Å². The summed E-state index contributed by atoms with van der Waals surface area (Å²) in [5.74, 6) is 10.2. The molecule has 0 radical (unpaired) electrons. The van der Waals surface area contributed by atoms with Crippen LogP contribution in [-0.2, 0) is 0 Å². The lowest BCUT2D eigenvalue weighted by molar-refractivity contribution is -0.0413. The third kappa shape index (κ3) is 56.1. The van der Waals surface area contributed by atoms with Gasteiger partial charge in [0.05, 0.1) is 5.60 Å². The van der Waals surface area contributed by atoms with Crippen LogP contribution in [0.25, 0.3) is 0 Å². The van der Waals surface area contributed by atoms with Gasteiger partial charge < -0.3 is 36.6 Å². The molecule has 9 fully saturated rings. The number of rotatable bonds is 10. The second-order valence-corrected chi connectivity index (χ2v) is 50.3. The first-order chi connectivity index (χ1) is 47.9. The van der Waals surface area contributed by atoms with Gasteiger partial charge in [-0.2, -0.15) is 0 Å². The average Bonchev–Trinajstić information content (AvgIpc) is 1.57. The zero-order chi connectivity index (χ0) is 84.0. The van der Waals surface area contributed by atoms with E-state index in [1.54, 1.807) is 0 Å². The Morgan fingerprint density at radius 3 is 1.08 bits per heavy atom. The zero-order valence-electron chi connectivity index (χ0n) is 81.7. The van der Waals surface area contributed by atoms with Crippen molar-refractivity contribution >= 4 is 5.96 Å². The molecule has 5 unspecified atom stereocenters. The van der Waals surface area contributed by atoms with Crippen molar-refractivity contribution in [3.05, 3.63) is 0 Å². The summed E-state index contributed by atoms with van der Waals surface area (Å²) < 4.78 is 0. The monoisotopic (exact) mass is 1510 g/mol. The van der Waals surface area contributed by atoms with Crippen molar-refractivity contribution in [2.75, 3.05) is 80.5 Å². The zero-order valence-corrected chi connectivity index (χ0v) is 81.7. The van der Waals surface area contributed by atoms with Crippen molar-refractivity contribution in [3.63, 3.8) is 0 Å². The van der Waals surface area contributed by atoms with Crippen molar-refractivity contribution in [1.82, 2.24) is 20.0 Å². The molecule has 6 aliphatic carbocycles. The molecule has 3 heterocycles. The van der Waals surface area contributed by atoms with E-state index in [0.29, 0.717) is 59.6 Å². The normalized spacial score (nSPS) is 23.4. The first-order valence-electron chi connectivity index (χ1n) is 45.4. The second-order valence-electron chi connectivity index (χ2n) is 50.3. The van der Waals surface area contributed by atoms with Crippen molar-refractivity contribution in [3.8, 4) is 0 Å². The van der Waals surface area contributed by atoms with Gasteiger partial charge in [0, 0.05) is 45.8 Å². The minimum atomic E-state index is -0.405. The van der Waals surface area contributed by atoms with Gasteiger partial charge in [-0.25, -0.2) is 0 Å². The number of nitrogens with zero attached hydrogens (tertiary/aromatic N) is 4. The van der Waals surface area contributed by atoms with Gasteiger partial charge >= 0.3 is 0 Å². The van der Waals surface area contributed by atoms with E-state index in [9.17, 15) is 5.11 Å². The molecule has 8 heteroatoms. The van der Waals surface area contributed by atoms with E-state index >= 15 is 0 Å². The predicted octanol–water partition coefficient (Wildman–Crippen LogP) is 27.9. The third-order valence-electron chi connectivity index (χ3n) is 25.7. The van der Waals surface area contributed by atoms with Gasteiger partial charge in [0.1, 0.15) is 0 Å². The first-order valence-corrected chi connectivity index (χ1v) is 45.4. The summed E-state index contributed by atoms with van der Waals surface area (Å²) >= 11 is 0. The maximum atomic E-state index is 9.68. The molecule has 0 aromatic rings. The summed E-state index contributed by atoms with van der Waals surface area (Å²) in [6, 6.07) is 0. The molecule has 644 valence electrons. The number of guanidine groups is 1. The summed E-state index contributed by atoms with van der Waals surface area (Å²) in [5.41, 5.74) is 16.0. The molecule has 107 heavy (non-hydrogen) atoms. The van der Waals surface area contributed by atoms with Gasteiger partial charge in [-0.05, 0) is 242 Å². The molecule has 3 aliphatic heterocycles. The Kier molecular flexibility index (Phi) is 47.8. The number of β-amino-alcohol motifs (C(OH)–C–C–N with tert-alkyl or cyclic N) is 1. The molecule has 9 aliphatic rings. The molecular formula is C99H207N7O. The Morgan fingerprint density at radius 2 is 0.879 bits per heavy atom. The fourth-order valence-electron chi connectivity index (χ4n) is 17.2. The van der Waals surface area contributed by atoms with Crippen LogP contribution in [0, 0.1) is 124 Å². The van der Waals surface area contributed by atoms with E-state index < -0.39 is 5.60 Å². The maximum absolute atomic E-state index is 9.68. The fraction of sp³-hybridized carbons (Fsp3) is 0.990. The highest BCUT2D eigenvalue weighted by atomic mass is 16.3. The summed E-state index contributed by atoms with van der Waals surface area (Å²) in [4.78, 5) is 10.9. The van der Waals surface area contributed by atoms with Crippen LogP contribution in [0.1, 0.15) is 423 Å². The SMILES string of the molecule is CC(C)(C)C1C2CCCC21.CC(C)(C)C1CCC1.CC(C)(C)CC1(C)CCC1.CC(C)(C)CC1(O)CNC1.CC(C)(C)CC1CCCCC1.CC(C)(C)CCC1CCCC1.CC(C)(C)CCN=C(N)N.CC(CN(C)C)C(C)(C)C.CCC(C)C(C)(C)C.CN1CC(C(C)(C)C)C1.CN1CCC(C(C)(C)C)C1. The first kappa shape index (κ1) is 108. The lowest BCUT2D eigenvalue weighted by atomic mass is 9.63. The summed E-state index contributed by atoms with van der Waals surface area (Å²) in [6.45, 7) is 94.0. The van der Waals surface area contributed by atoms with Crippen LogP contribution < -0.4 is 16.8 Å². The highest BCUT2D eigenvalue weighted by Crippen LogP contribution is 2.64. The van der Waals surface area contributed by atoms with Crippen molar-refractivity contribution in [2.45, 2.75) is 429 Å². The predicted molar refractivity (Wildman–Crippen MR) is 486 cm³/mol. The molecule has 8 nitrogen and oxygen atoms in total. The van der Waals surface area contributed by atoms with Gasteiger partial charge in [-0.3, -0.25) is 4.99 Å². The van der Waals surface area contributed by atoms with E-state index in [1.165, 1.54) is 187 Å². The van der Waals surface area contributed by atoms with Crippen LogP contribution in [0.5, 0.6) is 0 Å². The van der Waals surface area contributed by atoms with Crippen LogP contribution >= 0.6 is 0 Å². The van der Waals surface area contributed by atoms with Gasteiger partial charge in [-0.1, -0.05) is 340 Å². The summed E-state index contributed by atoms with van der Waals surface area (Å²) in [7, 11) is 8.65. The number of nitrogens with two attached hydrogens (primary N) is 2. The number of aliphatic imine (C=N–C) groups is 1. The standard InChI is InChI=1S/2C11H22.C10H18.C10H20.C9H19N.C9H21N.C8H17NO.C8H17N.C8H16.C8H18.C7H17N3/c1-11(2,3)9-8-10-6-4-5-7-10;1-11(2,3)9-10-7-5-4-6-8-10;1-10(2,3)9-7-5-4-6-8(7)9;1-9(2,3)8-10(4)6-5-7-10;1-9(2,3)8-5-6-10(4)7-8;1-8(7-10(5)6)9(2,3)4;1-7(2,3)4-8(10)5-9-6-8;1-8(2,3)7-5-9(4)6-7;1-8(2,3)7-5-4-6-7;1-6-7(2)8(3,4)5;1-7(2,3)4-5-10-6(8)9/h2*10H,4-9H2,1-3H3;7-9H,4-6H2,1-3H3;5-8H2,1-4H3;8H,5-7H2,1-4H3;8H,7H2,1-6H3;9-10H,4-6H2,1-3H3;7H,5-6H2,1-4H3;7H,4-6H2,1-3H3;7H,6H2,1-5H3;4-5H2,1-3H3,(H4,8,9,10). The van der Waals surface area contributed by atoms with Crippen LogP contribution in [0.4, 0.5) is 0 Å². The molecule has 3 saturated heterocycles.